The van der Waals surface area contributed by atoms with Gasteiger partial charge in [-0.1, -0.05) is 12.1 Å². The number of aliphatic hydroxyl groups is 1. The van der Waals surface area contributed by atoms with Crippen LogP contribution in [0.2, 0.25) is 0 Å². The van der Waals surface area contributed by atoms with E-state index < -0.39 is 12.2 Å². The maximum absolute atomic E-state index is 12.2. The van der Waals surface area contributed by atoms with Gasteiger partial charge in [-0.25, -0.2) is 0 Å². The first-order valence-corrected chi connectivity index (χ1v) is 6.90. The molecule has 1 aromatic carbocycles. The first kappa shape index (κ1) is 15.7. The highest BCUT2D eigenvalue weighted by Gasteiger charge is 2.30. The first-order valence-electron chi connectivity index (χ1n) is 6.90. The molecule has 0 aliphatic carbocycles. The van der Waals surface area contributed by atoms with Gasteiger partial charge in [0.05, 0.1) is 12.0 Å². The van der Waals surface area contributed by atoms with Crippen LogP contribution in [0, 0.1) is 0 Å². The van der Waals surface area contributed by atoms with E-state index in [-0.39, 0.29) is 18.1 Å². The Morgan fingerprint density at radius 2 is 2.10 bits per heavy atom. The molecule has 2 rings (SSSR count). The fraction of sp³-hybridized carbons (Fsp3) is 0.533. The normalized spacial score (nSPS) is 22.4. The summed E-state index contributed by atoms with van der Waals surface area (Å²) < 4.78 is 28.3. The molecule has 1 aliphatic rings. The van der Waals surface area contributed by atoms with Crippen molar-refractivity contribution >= 4 is 5.91 Å². The monoisotopic (exact) mass is 299 g/mol. The summed E-state index contributed by atoms with van der Waals surface area (Å²) >= 11 is 0. The molecular formula is C15H19F2NO3. The van der Waals surface area contributed by atoms with Crippen molar-refractivity contribution in [3.63, 3.8) is 0 Å². The number of halogens is 2. The molecule has 1 heterocycles. The summed E-state index contributed by atoms with van der Waals surface area (Å²) in [5, 5.41) is 10.00. The molecule has 1 aromatic rings. The van der Waals surface area contributed by atoms with Gasteiger partial charge < -0.3 is 14.7 Å². The van der Waals surface area contributed by atoms with Crippen molar-refractivity contribution < 1.29 is 23.4 Å². The van der Waals surface area contributed by atoms with Gasteiger partial charge >= 0.3 is 6.61 Å². The average molecular weight is 299 g/mol. The number of rotatable bonds is 4. The molecule has 1 saturated heterocycles. The molecular weight excluding hydrogens is 280 g/mol. The van der Waals surface area contributed by atoms with Gasteiger partial charge in [-0.15, -0.1) is 0 Å². The molecule has 4 nitrogen and oxygen atoms in total. The van der Waals surface area contributed by atoms with Crippen molar-refractivity contribution in [3.8, 4) is 5.75 Å². The Balaban J connectivity index is 1.93. The highest BCUT2D eigenvalue weighted by atomic mass is 19.3. The quantitative estimate of drug-likeness (QED) is 0.927. The van der Waals surface area contributed by atoms with Crippen LogP contribution in [0.3, 0.4) is 0 Å². The minimum Gasteiger partial charge on any atom is -0.435 e. The predicted molar refractivity (Wildman–Crippen MR) is 73.2 cm³/mol. The van der Waals surface area contributed by atoms with Gasteiger partial charge in [0.25, 0.3) is 0 Å². The molecule has 1 amide bonds. The minimum atomic E-state index is -2.85. The van der Waals surface area contributed by atoms with Gasteiger partial charge in [0.15, 0.2) is 0 Å². The third-order valence-electron chi connectivity index (χ3n) is 3.53. The van der Waals surface area contributed by atoms with Crippen LogP contribution in [0.15, 0.2) is 24.3 Å². The lowest BCUT2D eigenvalue weighted by Crippen LogP contribution is -2.49. The molecule has 1 aliphatic heterocycles. The molecule has 21 heavy (non-hydrogen) atoms. The Bertz CT molecular complexity index is 488. The van der Waals surface area contributed by atoms with Crippen LogP contribution in [-0.4, -0.2) is 41.2 Å². The Morgan fingerprint density at radius 3 is 2.67 bits per heavy atom. The molecule has 1 fully saturated rings. The Morgan fingerprint density at radius 1 is 1.43 bits per heavy atom. The highest BCUT2D eigenvalue weighted by molar-refractivity contribution is 5.79. The first-order chi connectivity index (χ1) is 9.85. The number of piperidine rings is 1. The molecule has 1 N–H and O–H groups in total. The molecule has 0 spiro atoms. The summed E-state index contributed by atoms with van der Waals surface area (Å²) in [4.78, 5) is 13.8. The maximum atomic E-state index is 12.2. The average Bonchev–Trinajstić information content (AvgIpc) is 2.39. The second kappa shape index (κ2) is 6.39. The van der Waals surface area contributed by atoms with E-state index in [1.165, 1.54) is 12.1 Å². The van der Waals surface area contributed by atoms with E-state index in [0.29, 0.717) is 19.5 Å². The summed E-state index contributed by atoms with van der Waals surface area (Å²) in [6, 6.07) is 6.03. The summed E-state index contributed by atoms with van der Waals surface area (Å²) in [5.41, 5.74) is -0.102. The zero-order chi connectivity index (χ0) is 15.5. The smallest absolute Gasteiger partial charge is 0.387 e. The summed E-state index contributed by atoms with van der Waals surface area (Å²) in [6.07, 6.45) is 1.65. The lowest BCUT2D eigenvalue weighted by Gasteiger charge is -2.36. The molecule has 1 unspecified atom stereocenters. The van der Waals surface area contributed by atoms with Gasteiger partial charge in [-0.2, -0.15) is 8.78 Å². The molecule has 6 heteroatoms. The Labute approximate surface area is 122 Å². The minimum absolute atomic E-state index is 0.0714. The second-order valence-corrected chi connectivity index (χ2v) is 5.62. The van der Waals surface area contributed by atoms with Crippen LogP contribution in [0.1, 0.15) is 25.3 Å². The van der Waals surface area contributed by atoms with E-state index in [9.17, 15) is 18.7 Å². The van der Waals surface area contributed by atoms with Crippen LogP contribution in [0.4, 0.5) is 8.78 Å². The molecule has 0 radical (unpaired) electrons. The van der Waals surface area contributed by atoms with Gasteiger partial charge in [-0.3, -0.25) is 4.79 Å². The largest absolute Gasteiger partial charge is 0.435 e. The fourth-order valence-corrected chi connectivity index (χ4v) is 2.51. The fourth-order valence-electron chi connectivity index (χ4n) is 2.51. The number of hydrogen-bond acceptors (Lipinski definition) is 3. The van der Waals surface area contributed by atoms with Crippen molar-refractivity contribution in [2.24, 2.45) is 0 Å². The van der Waals surface area contributed by atoms with Gasteiger partial charge in [0.2, 0.25) is 5.91 Å². The number of alkyl halides is 2. The van der Waals surface area contributed by atoms with Crippen molar-refractivity contribution in [1.82, 2.24) is 4.90 Å². The number of hydrogen-bond donors (Lipinski definition) is 1. The third kappa shape index (κ3) is 4.67. The van der Waals surface area contributed by atoms with Crippen molar-refractivity contribution in [3.05, 3.63) is 29.8 Å². The van der Waals surface area contributed by atoms with E-state index in [1.54, 1.807) is 24.0 Å². The van der Waals surface area contributed by atoms with Gasteiger partial charge in [-0.05, 0) is 37.5 Å². The molecule has 116 valence electrons. The van der Waals surface area contributed by atoms with Crippen LogP contribution >= 0.6 is 0 Å². The van der Waals surface area contributed by atoms with E-state index in [2.05, 4.69) is 4.74 Å². The zero-order valence-corrected chi connectivity index (χ0v) is 11.9. The summed E-state index contributed by atoms with van der Waals surface area (Å²) in [7, 11) is 0. The van der Waals surface area contributed by atoms with Gasteiger partial charge in [0.1, 0.15) is 5.75 Å². The van der Waals surface area contributed by atoms with Crippen LogP contribution in [-0.2, 0) is 11.2 Å². The highest BCUT2D eigenvalue weighted by Crippen LogP contribution is 2.21. The molecule has 0 saturated carbocycles. The number of nitrogens with zero attached hydrogens (tertiary/aromatic N) is 1. The zero-order valence-electron chi connectivity index (χ0n) is 11.9. The van der Waals surface area contributed by atoms with Crippen LogP contribution < -0.4 is 4.74 Å². The topological polar surface area (TPSA) is 49.8 Å². The Kier molecular flexibility index (Phi) is 4.77. The van der Waals surface area contributed by atoms with E-state index in [1.807, 2.05) is 0 Å². The number of carbonyl (C=O) groups is 1. The number of β-amino-alcohol motifs (C(OH)–C–C–N with tert-alkyl or cyclic N) is 1. The number of likely N-dealkylation sites (tertiary alicyclic amines) is 1. The maximum Gasteiger partial charge on any atom is 0.387 e. The summed E-state index contributed by atoms with van der Waals surface area (Å²) in [6.45, 7) is -0.156. The summed E-state index contributed by atoms with van der Waals surface area (Å²) in [5.74, 6) is -0.000363. The van der Waals surface area contributed by atoms with Crippen LogP contribution in [0.25, 0.3) is 0 Å². The second-order valence-electron chi connectivity index (χ2n) is 5.62. The third-order valence-corrected chi connectivity index (χ3v) is 3.53. The Hall–Kier alpha value is -1.69. The SMILES string of the molecule is CC1(O)CCCN(C(=O)Cc2ccc(OC(F)F)cc2)C1. The number of benzene rings is 1. The number of ether oxygens (including phenoxy) is 1. The lowest BCUT2D eigenvalue weighted by atomic mass is 9.95. The molecule has 0 aromatic heterocycles. The molecule has 0 bridgehead atoms. The van der Waals surface area contributed by atoms with Gasteiger partial charge in [0, 0.05) is 13.1 Å². The van der Waals surface area contributed by atoms with Crippen molar-refractivity contribution in [2.75, 3.05) is 13.1 Å². The predicted octanol–water partition coefficient (Wildman–Crippen LogP) is 2.20. The van der Waals surface area contributed by atoms with E-state index >= 15 is 0 Å². The lowest BCUT2D eigenvalue weighted by molar-refractivity contribution is -0.136. The standard InChI is InChI=1S/C15H19F2NO3/c1-15(20)7-2-8-18(10-15)13(19)9-11-3-5-12(6-4-11)21-14(16)17/h3-6,14,20H,2,7-10H2,1H3. The molecule has 1 atom stereocenters. The van der Waals surface area contributed by atoms with Crippen molar-refractivity contribution in [1.29, 1.82) is 0 Å². The van der Waals surface area contributed by atoms with Crippen LogP contribution in [0.5, 0.6) is 5.75 Å². The van der Waals surface area contributed by atoms with Crippen molar-refractivity contribution in [2.45, 2.75) is 38.4 Å². The number of carbonyl (C=O) groups excluding carboxylic acids is 1. The van der Waals surface area contributed by atoms with E-state index in [4.69, 9.17) is 0 Å². The van der Waals surface area contributed by atoms with E-state index in [0.717, 1.165) is 12.0 Å². The number of amides is 1.